The van der Waals surface area contributed by atoms with Crippen molar-refractivity contribution in [2.75, 3.05) is 26.1 Å². The van der Waals surface area contributed by atoms with E-state index in [2.05, 4.69) is 55.4 Å². The molecule has 1 aliphatic carbocycles. The number of rotatable bonds is 11. The molecule has 0 aromatic heterocycles. The molecule has 2 fully saturated rings. The van der Waals surface area contributed by atoms with Crippen molar-refractivity contribution >= 4 is 27.2 Å². The van der Waals surface area contributed by atoms with Crippen molar-refractivity contribution in [1.82, 2.24) is 0 Å². The molecule has 0 spiro atoms. The molecule has 2 aliphatic rings. The third-order valence-corrected chi connectivity index (χ3v) is 18.3. The van der Waals surface area contributed by atoms with Gasteiger partial charge in [-0.25, -0.2) is 0 Å². The van der Waals surface area contributed by atoms with Crippen LogP contribution in [0.3, 0.4) is 0 Å². The van der Waals surface area contributed by atoms with E-state index in [-0.39, 0.29) is 40.3 Å². The van der Waals surface area contributed by atoms with Gasteiger partial charge in [-0.3, -0.25) is 4.18 Å². The van der Waals surface area contributed by atoms with E-state index in [1.807, 2.05) is 13.8 Å². The zero-order valence-corrected chi connectivity index (χ0v) is 26.5. The van der Waals surface area contributed by atoms with Gasteiger partial charge in [-0.2, -0.15) is 8.42 Å². The van der Waals surface area contributed by atoms with Gasteiger partial charge in [0.2, 0.25) is 0 Å². The lowest BCUT2D eigenvalue weighted by atomic mass is 10.1. The molecule has 208 valence electrons. The van der Waals surface area contributed by atoms with Crippen molar-refractivity contribution < 1.29 is 35.0 Å². The van der Waals surface area contributed by atoms with Crippen LogP contribution >= 0.6 is 0 Å². The van der Waals surface area contributed by atoms with Crippen molar-refractivity contribution in [1.29, 1.82) is 0 Å². The Morgan fingerprint density at radius 1 is 0.886 bits per heavy atom. The van der Waals surface area contributed by atoms with Crippen LogP contribution in [0, 0.1) is 11.8 Å². The smallest absolute Gasteiger partial charge is 0.335 e. The Hall–Kier alpha value is 0.144. The second-order valence-corrected chi connectivity index (χ2v) is 21.9. The average Bonchev–Trinajstić information content (AvgIpc) is 3.00. The van der Waals surface area contributed by atoms with Crippen molar-refractivity contribution in [3.8, 4) is 0 Å². The Balaban J connectivity index is 2.53. The molecule has 35 heavy (non-hydrogen) atoms. The molecule has 2 rings (SSSR count). The fourth-order valence-corrected chi connectivity index (χ4v) is 17.7. The first-order chi connectivity index (χ1) is 16.1. The molecule has 0 aromatic rings. The third-order valence-electron chi connectivity index (χ3n) is 7.47. The van der Waals surface area contributed by atoms with Crippen molar-refractivity contribution in [2.45, 2.75) is 116 Å². The van der Waals surface area contributed by atoms with Gasteiger partial charge in [0.1, 0.15) is 6.10 Å². The summed E-state index contributed by atoms with van der Waals surface area (Å²) in [6, 6.07) is 0. The first-order valence-corrected chi connectivity index (χ1v) is 19.0. The van der Waals surface area contributed by atoms with Crippen LogP contribution < -0.4 is 0 Å². The van der Waals surface area contributed by atoms with E-state index < -0.39 is 39.4 Å². The number of ether oxygens (including phenoxy) is 2. The fourth-order valence-electron chi connectivity index (χ4n) is 5.72. The SMILES string of the molecule is CCOC(C)OC[C@@H]1C[C@@H]2CO[Si](C(C)C)(C(C)C)O[Si](C(C)C)(C(C)C)O[C@H]2[C@H]1OS(C)(=O)=O. The lowest BCUT2D eigenvalue weighted by Gasteiger charge is -2.52. The topological polar surface area (TPSA) is 89.5 Å². The van der Waals surface area contributed by atoms with Crippen molar-refractivity contribution in [3.05, 3.63) is 0 Å². The molecule has 0 amide bonds. The molecular formula is C24H50O8SSi2. The van der Waals surface area contributed by atoms with Gasteiger partial charge >= 0.3 is 17.1 Å². The standard InChI is InChI=1S/C24H50O8SSi2/c1-12-27-20(10)28-14-21-13-22-15-29-34(16(2)3,17(4)5)32-35(18(6)7,19(8)9)31-24(22)23(21)30-33(11,25)26/h16-24H,12-15H2,1-11H3/t20?,21-,22+,23-,24+/m0/s1. The third kappa shape index (κ3) is 7.17. The monoisotopic (exact) mass is 554 g/mol. The zero-order chi connectivity index (χ0) is 26.8. The van der Waals surface area contributed by atoms with Gasteiger partial charge in [0.05, 0.1) is 19.0 Å². The minimum Gasteiger partial charge on any atom is -0.414 e. The predicted octanol–water partition coefficient (Wildman–Crippen LogP) is 5.32. The maximum Gasteiger partial charge on any atom is 0.335 e. The van der Waals surface area contributed by atoms with E-state index in [9.17, 15) is 8.42 Å². The molecule has 1 aliphatic heterocycles. The summed E-state index contributed by atoms with van der Waals surface area (Å²) in [6.45, 7) is 22.5. The lowest BCUT2D eigenvalue weighted by Crippen LogP contribution is -2.65. The minimum absolute atomic E-state index is 0.00426. The Bertz CT molecular complexity index is 757. The van der Waals surface area contributed by atoms with Gasteiger partial charge in [-0.15, -0.1) is 0 Å². The molecule has 0 radical (unpaired) electrons. The Morgan fingerprint density at radius 2 is 1.43 bits per heavy atom. The van der Waals surface area contributed by atoms with E-state index in [4.69, 9.17) is 26.6 Å². The quantitative estimate of drug-likeness (QED) is 0.193. The molecule has 0 aromatic carbocycles. The molecule has 11 heteroatoms. The van der Waals surface area contributed by atoms with E-state index in [1.54, 1.807) is 0 Å². The number of hydrogen-bond acceptors (Lipinski definition) is 8. The molecule has 8 nitrogen and oxygen atoms in total. The molecule has 1 unspecified atom stereocenters. The van der Waals surface area contributed by atoms with Crippen LogP contribution in [0.5, 0.6) is 0 Å². The van der Waals surface area contributed by atoms with E-state index in [1.165, 1.54) is 0 Å². The van der Waals surface area contributed by atoms with Crippen molar-refractivity contribution in [2.24, 2.45) is 11.8 Å². The van der Waals surface area contributed by atoms with Crippen LogP contribution in [0.4, 0.5) is 0 Å². The molecule has 1 saturated heterocycles. The highest BCUT2D eigenvalue weighted by Gasteiger charge is 2.61. The molecule has 5 atom stereocenters. The molecular weight excluding hydrogens is 504 g/mol. The summed E-state index contributed by atoms with van der Waals surface area (Å²) >= 11 is 0. The number of fused-ring (bicyclic) bond motifs is 1. The highest BCUT2D eigenvalue weighted by Crippen LogP contribution is 2.50. The Labute approximate surface area is 216 Å². The first-order valence-electron chi connectivity index (χ1n) is 13.2. The number of hydrogen-bond donors (Lipinski definition) is 0. The molecule has 1 heterocycles. The normalized spacial score (nSPS) is 30.0. The molecule has 0 N–H and O–H groups in total. The maximum absolute atomic E-state index is 12.3. The second-order valence-electron chi connectivity index (χ2n) is 11.4. The van der Waals surface area contributed by atoms with E-state index in [0.29, 0.717) is 26.2 Å². The summed E-state index contributed by atoms with van der Waals surface area (Å²) in [5, 5.41) is 0. The van der Waals surface area contributed by atoms with E-state index in [0.717, 1.165) is 6.26 Å². The highest BCUT2D eigenvalue weighted by atomic mass is 32.2. The van der Waals surface area contributed by atoms with Gasteiger partial charge < -0.3 is 22.4 Å². The summed E-state index contributed by atoms with van der Waals surface area (Å²) in [6.07, 6.45) is 0.318. The van der Waals surface area contributed by atoms with Crippen LogP contribution in [0.15, 0.2) is 0 Å². The summed E-state index contributed by atoms with van der Waals surface area (Å²) in [4.78, 5) is 0. The Morgan fingerprint density at radius 3 is 1.89 bits per heavy atom. The van der Waals surface area contributed by atoms with Crippen LogP contribution in [0.2, 0.25) is 22.2 Å². The van der Waals surface area contributed by atoms with Gasteiger partial charge in [0, 0.05) is 25.0 Å². The van der Waals surface area contributed by atoms with Gasteiger partial charge in [-0.1, -0.05) is 55.4 Å². The average molecular weight is 555 g/mol. The van der Waals surface area contributed by atoms with Gasteiger partial charge in [0.15, 0.2) is 6.29 Å². The van der Waals surface area contributed by atoms with Crippen LogP contribution in [-0.4, -0.2) is 70.1 Å². The largest absolute Gasteiger partial charge is 0.414 e. The van der Waals surface area contributed by atoms with Crippen molar-refractivity contribution in [3.63, 3.8) is 0 Å². The predicted molar refractivity (Wildman–Crippen MR) is 142 cm³/mol. The lowest BCUT2D eigenvalue weighted by molar-refractivity contribution is -0.141. The zero-order valence-electron chi connectivity index (χ0n) is 23.7. The second kappa shape index (κ2) is 12.3. The maximum atomic E-state index is 12.3. The minimum atomic E-state index is -3.71. The Kier molecular flexibility index (Phi) is 11.1. The van der Waals surface area contributed by atoms with Crippen LogP contribution in [0.25, 0.3) is 0 Å². The summed E-state index contributed by atoms with van der Waals surface area (Å²) < 4.78 is 63.1. The first kappa shape index (κ1) is 31.4. The van der Waals surface area contributed by atoms with Gasteiger partial charge in [0.25, 0.3) is 10.1 Å². The summed E-state index contributed by atoms with van der Waals surface area (Å²) in [5.41, 5.74) is 0.813. The molecule has 0 bridgehead atoms. The van der Waals surface area contributed by atoms with Crippen LogP contribution in [0.1, 0.15) is 75.7 Å². The summed E-state index contributed by atoms with van der Waals surface area (Å²) in [5.74, 6) is -0.167. The fraction of sp³-hybridized carbons (Fsp3) is 1.00. The summed E-state index contributed by atoms with van der Waals surface area (Å²) in [7, 11) is -9.24. The highest BCUT2D eigenvalue weighted by molar-refractivity contribution is 7.86. The van der Waals surface area contributed by atoms with E-state index >= 15 is 0 Å². The van der Waals surface area contributed by atoms with Crippen LogP contribution in [-0.2, 0) is 36.7 Å². The molecule has 1 saturated carbocycles. The van der Waals surface area contributed by atoms with Gasteiger partial charge in [-0.05, 0) is 42.4 Å².